The van der Waals surface area contributed by atoms with Gasteiger partial charge in [-0.2, -0.15) is 0 Å². The van der Waals surface area contributed by atoms with Crippen molar-refractivity contribution >= 4 is 9.52 Å². The maximum Gasteiger partial charge on any atom is 0.261 e. The van der Waals surface area contributed by atoms with Crippen molar-refractivity contribution in [1.29, 1.82) is 0 Å². The van der Waals surface area contributed by atoms with Crippen LogP contribution < -0.4 is 0 Å². The minimum atomic E-state index is -2.31. The molecule has 2 saturated carbocycles. The lowest BCUT2D eigenvalue weighted by Gasteiger charge is -2.31. The van der Waals surface area contributed by atoms with Crippen LogP contribution in [-0.2, 0) is 4.74 Å². The summed E-state index contributed by atoms with van der Waals surface area (Å²) in [5.41, 5.74) is 1.10. The van der Waals surface area contributed by atoms with Gasteiger partial charge in [0.2, 0.25) is 0 Å². The van der Waals surface area contributed by atoms with Gasteiger partial charge in [0.05, 0.1) is 6.10 Å². The molecular weight excluding hydrogens is 310 g/mol. The van der Waals surface area contributed by atoms with E-state index in [1.165, 1.54) is 63.8 Å². The first-order valence-electron chi connectivity index (χ1n) is 10.1. The summed E-state index contributed by atoms with van der Waals surface area (Å²) >= 11 is 0. The van der Waals surface area contributed by atoms with Crippen molar-refractivity contribution in [3.63, 3.8) is 0 Å². The Bertz CT molecular complexity index is 298. The SMILES string of the molecule is CCCCC1CCC([SiH2]CC2CCC(OCC(F)F)CC2)CC1. The van der Waals surface area contributed by atoms with E-state index >= 15 is 0 Å². The Balaban J connectivity index is 1.52. The van der Waals surface area contributed by atoms with Crippen molar-refractivity contribution in [1.82, 2.24) is 0 Å². The third-order valence-corrected chi connectivity index (χ3v) is 8.95. The summed E-state index contributed by atoms with van der Waals surface area (Å²) in [7, 11) is 0.0767. The van der Waals surface area contributed by atoms with E-state index in [4.69, 9.17) is 4.74 Å². The highest BCUT2D eigenvalue weighted by molar-refractivity contribution is 6.37. The maximum absolute atomic E-state index is 12.2. The number of rotatable bonds is 9. The molecule has 2 rings (SSSR count). The molecular formula is C19H36F2OSi. The fraction of sp³-hybridized carbons (Fsp3) is 1.00. The molecule has 0 spiro atoms. The van der Waals surface area contributed by atoms with E-state index in [0.29, 0.717) is 0 Å². The third kappa shape index (κ3) is 7.64. The van der Waals surface area contributed by atoms with Gasteiger partial charge in [0.1, 0.15) is 6.61 Å². The molecule has 0 aromatic heterocycles. The van der Waals surface area contributed by atoms with Crippen molar-refractivity contribution in [3.8, 4) is 0 Å². The molecule has 136 valence electrons. The van der Waals surface area contributed by atoms with E-state index in [1.54, 1.807) is 0 Å². The van der Waals surface area contributed by atoms with E-state index in [2.05, 4.69) is 6.92 Å². The highest BCUT2D eigenvalue weighted by Crippen LogP contribution is 2.37. The second-order valence-electron chi connectivity index (χ2n) is 7.97. The molecule has 2 aliphatic carbocycles. The molecule has 0 radical (unpaired) electrons. The van der Waals surface area contributed by atoms with Gasteiger partial charge in [-0.05, 0) is 37.5 Å². The van der Waals surface area contributed by atoms with Gasteiger partial charge < -0.3 is 4.74 Å². The molecule has 0 aromatic carbocycles. The van der Waals surface area contributed by atoms with Crippen LogP contribution in [0, 0.1) is 11.8 Å². The number of alkyl halides is 2. The van der Waals surface area contributed by atoms with Gasteiger partial charge in [0, 0.05) is 9.52 Å². The second kappa shape index (κ2) is 10.8. The second-order valence-corrected chi connectivity index (χ2v) is 10.3. The fourth-order valence-electron chi connectivity index (χ4n) is 4.57. The summed E-state index contributed by atoms with van der Waals surface area (Å²) in [5, 5.41) is 0. The average Bonchev–Trinajstić information content (AvgIpc) is 2.58. The lowest BCUT2D eigenvalue weighted by atomic mass is 9.85. The Hall–Kier alpha value is 0.0369. The Morgan fingerprint density at radius 3 is 2.22 bits per heavy atom. The molecule has 4 heteroatoms. The molecule has 2 fully saturated rings. The van der Waals surface area contributed by atoms with Gasteiger partial charge in [-0.25, -0.2) is 8.78 Å². The first-order valence-corrected chi connectivity index (χ1v) is 11.9. The summed E-state index contributed by atoms with van der Waals surface area (Å²) in [6.07, 6.45) is 12.5. The lowest BCUT2D eigenvalue weighted by molar-refractivity contribution is -0.0407. The summed E-state index contributed by atoms with van der Waals surface area (Å²) < 4.78 is 29.6. The van der Waals surface area contributed by atoms with Crippen LogP contribution in [0.25, 0.3) is 0 Å². The molecule has 0 saturated heterocycles. The molecule has 0 amide bonds. The molecule has 23 heavy (non-hydrogen) atoms. The van der Waals surface area contributed by atoms with Gasteiger partial charge in [-0.1, -0.05) is 63.5 Å². The number of unbranched alkanes of at least 4 members (excludes halogenated alkanes) is 1. The molecule has 0 atom stereocenters. The maximum atomic E-state index is 12.2. The van der Waals surface area contributed by atoms with Crippen LogP contribution in [0.3, 0.4) is 0 Å². The smallest absolute Gasteiger partial charge is 0.261 e. The predicted molar refractivity (Wildman–Crippen MR) is 96.3 cm³/mol. The predicted octanol–water partition coefficient (Wildman–Crippen LogP) is 5.58. The number of ether oxygens (including phenoxy) is 1. The minimum Gasteiger partial charge on any atom is -0.372 e. The van der Waals surface area contributed by atoms with Gasteiger partial charge in [-0.3, -0.25) is 0 Å². The zero-order valence-corrected chi connectivity index (χ0v) is 16.4. The van der Waals surface area contributed by atoms with E-state index in [9.17, 15) is 8.78 Å². The number of hydrogen-bond acceptors (Lipinski definition) is 1. The average molecular weight is 347 g/mol. The van der Waals surface area contributed by atoms with Crippen molar-refractivity contribution < 1.29 is 13.5 Å². The number of hydrogen-bond donors (Lipinski definition) is 0. The Morgan fingerprint density at radius 1 is 0.957 bits per heavy atom. The molecule has 0 N–H and O–H groups in total. The zero-order chi connectivity index (χ0) is 16.5. The van der Waals surface area contributed by atoms with Gasteiger partial charge in [0.25, 0.3) is 6.43 Å². The summed E-state index contributed by atoms with van der Waals surface area (Å²) in [6, 6.07) is 1.49. The van der Waals surface area contributed by atoms with Crippen molar-refractivity contribution in [3.05, 3.63) is 0 Å². The molecule has 0 aliphatic heterocycles. The zero-order valence-electron chi connectivity index (χ0n) is 15.0. The Morgan fingerprint density at radius 2 is 1.61 bits per heavy atom. The van der Waals surface area contributed by atoms with Crippen LogP contribution in [0.2, 0.25) is 11.6 Å². The molecule has 0 bridgehead atoms. The van der Waals surface area contributed by atoms with Crippen molar-refractivity contribution in [2.75, 3.05) is 6.61 Å². The first-order chi connectivity index (χ1) is 11.2. The Labute approximate surface area is 143 Å². The lowest BCUT2D eigenvalue weighted by Crippen LogP contribution is -2.25. The fourth-order valence-corrected chi connectivity index (χ4v) is 7.14. The summed E-state index contributed by atoms with van der Waals surface area (Å²) in [5.74, 6) is 1.91. The van der Waals surface area contributed by atoms with Crippen LogP contribution in [0.15, 0.2) is 0 Å². The van der Waals surface area contributed by atoms with Crippen LogP contribution in [0.1, 0.15) is 77.6 Å². The monoisotopic (exact) mass is 346 g/mol. The van der Waals surface area contributed by atoms with Crippen LogP contribution >= 0.6 is 0 Å². The highest BCUT2D eigenvalue weighted by atomic mass is 28.2. The molecule has 2 aliphatic rings. The highest BCUT2D eigenvalue weighted by Gasteiger charge is 2.25. The van der Waals surface area contributed by atoms with E-state index in [-0.39, 0.29) is 22.2 Å². The van der Waals surface area contributed by atoms with Gasteiger partial charge in [-0.15, -0.1) is 0 Å². The first kappa shape index (κ1) is 19.4. The van der Waals surface area contributed by atoms with Crippen LogP contribution in [0.4, 0.5) is 8.78 Å². The molecule has 0 aromatic rings. The van der Waals surface area contributed by atoms with Gasteiger partial charge >= 0.3 is 0 Å². The molecule has 0 unspecified atom stereocenters. The largest absolute Gasteiger partial charge is 0.372 e. The van der Waals surface area contributed by atoms with Crippen LogP contribution in [0.5, 0.6) is 0 Å². The van der Waals surface area contributed by atoms with Crippen molar-refractivity contribution in [2.24, 2.45) is 11.8 Å². The van der Waals surface area contributed by atoms with Gasteiger partial charge in [0.15, 0.2) is 0 Å². The van der Waals surface area contributed by atoms with Crippen molar-refractivity contribution in [2.45, 2.75) is 102 Å². The normalized spacial score (nSPS) is 32.9. The Kier molecular flexibility index (Phi) is 9.10. The minimum absolute atomic E-state index is 0.0767. The third-order valence-electron chi connectivity index (χ3n) is 6.17. The molecule has 1 nitrogen and oxygen atoms in total. The molecule has 0 heterocycles. The van der Waals surface area contributed by atoms with E-state index in [1.807, 2.05) is 0 Å². The quantitative estimate of drug-likeness (QED) is 0.495. The summed E-state index contributed by atoms with van der Waals surface area (Å²) in [6.45, 7) is 1.93. The van der Waals surface area contributed by atoms with Crippen LogP contribution in [-0.4, -0.2) is 28.7 Å². The standard InChI is InChI=1S/C19H36F2OSi/c1-2-3-4-15-7-11-18(12-8-15)23-14-16-5-9-17(10-6-16)22-13-19(20)21/h15-19H,2-14,23H2,1H3. The number of halogens is 2. The van der Waals surface area contributed by atoms with E-state index < -0.39 is 6.43 Å². The summed E-state index contributed by atoms with van der Waals surface area (Å²) in [4.78, 5) is 0. The van der Waals surface area contributed by atoms with E-state index in [0.717, 1.165) is 30.2 Å². The topological polar surface area (TPSA) is 9.23 Å².